The van der Waals surface area contributed by atoms with E-state index in [1.54, 1.807) is 17.0 Å². The third-order valence-corrected chi connectivity index (χ3v) is 5.37. The van der Waals surface area contributed by atoms with E-state index in [-0.39, 0.29) is 23.2 Å². The average molecular weight is 487 g/mol. The van der Waals surface area contributed by atoms with Crippen molar-refractivity contribution in [3.63, 3.8) is 0 Å². The van der Waals surface area contributed by atoms with E-state index in [0.717, 1.165) is 0 Å². The largest absolute Gasteiger partial charge is 0.453 e. The van der Waals surface area contributed by atoms with E-state index in [4.69, 9.17) is 0 Å². The van der Waals surface area contributed by atoms with Crippen LogP contribution in [-0.4, -0.2) is 38.8 Å². The number of piperidine rings is 1. The smallest absolute Gasteiger partial charge is 0.355 e. The van der Waals surface area contributed by atoms with Gasteiger partial charge in [-0.2, -0.15) is 17.7 Å². The van der Waals surface area contributed by atoms with Crippen LogP contribution in [0.3, 0.4) is 0 Å². The molecule has 30 heavy (non-hydrogen) atoms. The van der Waals surface area contributed by atoms with Crippen LogP contribution in [0.25, 0.3) is 5.65 Å². The molecule has 1 aliphatic rings. The van der Waals surface area contributed by atoms with E-state index in [1.807, 2.05) is 0 Å². The quantitative estimate of drug-likeness (QED) is 0.568. The molecule has 3 heterocycles. The molecular formula is C18H15BrF4N6O. The number of anilines is 2. The summed E-state index contributed by atoms with van der Waals surface area (Å²) in [6.45, 7) is 0.839. The molecule has 1 N–H and O–H groups in total. The van der Waals surface area contributed by atoms with Crippen LogP contribution in [0.1, 0.15) is 18.7 Å². The molecule has 0 spiro atoms. The summed E-state index contributed by atoms with van der Waals surface area (Å²) in [4.78, 5) is 14.3. The number of alkyl halides is 3. The zero-order valence-corrected chi connectivity index (χ0v) is 16.9. The lowest BCUT2D eigenvalue weighted by Crippen LogP contribution is -2.38. The fraction of sp³-hybridized carbons (Fsp3) is 0.333. The van der Waals surface area contributed by atoms with Gasteiger partial charge >= 0.3 is 6.18 Å². The van der Waals surface area contributed by atoms with Crippen molar-refractivity contribution in [1.29, 1.82) is 0 Å². The van der Waals surface area contributed by atoms with Gasteiger partial charge in [0.25, 0.3) is 5.82 Å². The van der Waals surface area contributed by atoms with Crippen molar-refractivity contribution < 1.29 is 22.4 Å². The molecule has 158 valence electrons. The SMILES string of the molecule is O=C(Nc1ccc(Br)cc1F)C1CCN(c2ccc3nnc(C(F)(F)F)n3n2)CC1. The summed E-state index contributed by atoms with van der Waals surface area (Å²) in [7, 11) is 0. The van der Waals surface area contributed by atoms with Crippen molar-refractivity contribution in [2.45, 2.75) is 19.0 Å². The van der Waals surface area contributed by atoms with E-state index < -0.39 is 17.8 Å². The first-order chi connectivity index (χ1) is 14.2. The Kier molecular flexibility index (Phi) is 5.35. The third-order valence-electron chi connectivity index (χ3n) is 4.88. The van der Waals surface area contributed by atoms with Gasteiger partial charge in [-0.3, -0.25) is 4.79 Å². The highest BCUT2D eigenvalue weighted by Crippen LogP contribution is 2.29. The van der Waals surface area contributed by atoms with Crippen LogP contribution in [0.15, 0.2) is 34.8 Å². The number of hydrogen-bond acceptors (Lipinski definition) is 5. The minimum absolute atomic E-state index is 0.00290. The Morgan fingerprint density at radius 1 is 1.13 bits per heavy atom. The first-order valence-electron chi connectivity index (χ1n) is 9.03. The van der Waals surface area contributed by atoms with Crippen LogP contribution >= 0.6 is 15.9 Å². The van der Waals surface area contributed by atoms with Crippen molar-refractivity contribution in [2.24, 2.45) is 5.92 Å². The summed E-state index contributed by atoms with van der Waals surface area (Å²) in [5, 5.41) is 13.3. The molecule has 0 atom stereocenters. The second kappa shape index (κ2) is 7.82. The van der Waals surface area contributed by atoms with Crippen LogP contribution in [0.4, 0.5) is 29.1 Å². The lowest BCUT2D eigenvalue weighted by atomic mass is 9.96. The zero-order chi connectivity index (χ0) is 21.5. The lowest BCUT2D eigenvalue weighted by molar-refractivity contribution is -0.146. The van der Waals surface area contributed by atoms with Crippen molar-refractivity contribution >= 4 is 39.0 Å². The van der Waals surface area contributed by atoms with E-state index >= 15 is 0 Å². The Morgan fingerprint density at radius 2 is 1.87 bits per heavy atom. The van der Waals surface area contributed by atoms with Crippen LogP contribution in [-0.2, 0) is 11.0 Å². The molecule has 3 aromatic rings. The highest BCUT2D eigenvalue weighted by atomic mass is 79.9. The summed E-state index contributed by atoms with van der Waals surface area (Å²) >= 11 is 3.16. The number of carbonyl (C=O) groups excluding carboxylic acids is 1. The van der Waals surface area contributed by atoms with Crippen molar-refractivity contribution in [1.82, 2.24) is 19.8 Å². The van der Waals surface area contributed by atoms with Gasteiger partial charge in [0.15, 0.2) is 5.65 Å². The number of nitrogens with zero attached hydrogens (tertiary/aromatic N) is 5. The van der Waals surface area contributed by atoms with Crippen molar-refractivity contribution in [3.8, 4) is 0 Å². The molecule has 0 radical (unpaired) electrons. The summed E-state index contributed by atoms with van der Waals surface area (Å²) in [5.74, 6) is -2.02. The fourth-order valence-electron chi connectivity index (χ4n) is 3.32. The van der Waals surface area contributed by atoms with Crippen LogP contribution in [0.5, 0.6) is 0 Å². The molecule has 0 unspecified atom stereocenters. The molecule has 1 saturated heterocycles. The van der Waals surface area contributed by atoms with Crippen molar-refractivity contribution in [3.05, 3.63) is 46.4 Å². The first-order valence-corrected chi connectivity index (χ1v) is 9.82. The van der Waals surface area contributed by atoms with Crippen LogP contribution < -0.4 is 10.2 Å². The van der Waals surface area contributed by atoms with Gasteiger partial charge in [-0.1, -0.05) is 15.9 Å². The molecule has 1 fully saturated rings. The maximum Gasteiger partial charge on any atom is 0.453 e. The van der Waals surface area contributed by atoms with Gasteiger partial charge in [0.05, 0.1) is 5.69 Å². The van der Waals surface area contributed by atoms with Crippen LogP contribution in [0, 0.1) is 11.7 Å². The Hall–Kier alpha value is -2.76. The minimum atomic E-state index is -4.67. The zero-order valence-electron chi connectivity index (χ0n) is 15.3. The van der Waals surface area contributed by atoms with Crippen molar-refractivity contribution in [2.75, 3.05) is 23.3 Å². The predicted octanol–water partition coefficient (Wildman–Crippen LogP) is 3.90. The summed E-state index contributed by atoms with van der Waals surface area (Å²) in [6, 6.07) is 7.36. The maximum atomic E-state index is 13.9. The summed E-state index contributed by atoms with van der Waals surface area (Å²) in [6.07, 6.45) is -3.76. The molecule has 7 nitrogen and oxygen atoms in total. The number of hydrogen-bond donors (Lipinski definition) is 1. The number of carbonyl (C=O) groups is 1. The second-order valence-electron chi connectivity index (χ2n) is 6.86. The van der Waals surface area contributed by atoms with E-state index in [2.05, 4.69) is 36.5 Å². The molecule has 0 bridgehead atoms. The molecule has 1 amide bonds. The highest BCUT2D eigenvalue weighted by molar-refractivity contribution is 9.10. The fourth-order valence-corrected chi connectivity index (χ4v) is 3.65. The number of benzene rings is 1. The van der Waals surface area contributed by atoms with Gasteiger partial charge in [0.2, 0.25) is 5.91 Å². The standard InChI is InChI=1S/C18H15BrF4N6O/c19-11-1-2-13(12(20)9-11)24-16(30)10-5-7-28(8-6-10)15-4-3-14-25-26-17(18(21,22)23)29(14)27-15/h1-4,9-10H,5-8H2,(H,24,30). The third kappa shape index (κ3) is 4.09. The molecule has 0 saturated carbocycles. The summed E-state index contributed by atoms with van der Waals surface area (Å²) < 4.78 is 54.3. The van der Waals surface area contributed by atoms with Gasteiger partial charge in [0.1, 0.15) is 11.6 Å². The average Bonchev–Trinajstić information content (AvgIpc) is 3.14. The molecule has 1 aromatic carbocycles. The number of nitrogens with one attached hydrogen (secondary N) is 1. The number of halogens is 5. The highest BCUT2D eigenvalue weighted by Gasteiger charge is 2.38. The number of fused-ring (bicyclic) bond motifs is 1. The molecule has 2 aromatic heterocycles. The summed E-state index contributed by atoms with van der Waals surface area (Å²) in [5.41, 5.74) is 0.0990. The van der Waals surface area contributed by atoms with Gasteiger partial charge in [-0.15, -0.1) is 15.3 Å². The predicted molar refractivity (Wildman–Crippen MR) is 103 cm³/mol. The topological polar surface area (TPSA) is 75.4 Å². The number of rotatable bonds is 3. The number of aromatic nitrogens is 4. The monoisotopic (exact) mass is 486 g/mol. The Morgan fingerprint density at radius 3 is 2.53 bits per heavy atom. The van der Waals surface area contributed by atoms with Gasteiger partial charge in [0, 0.05) is 23.5 Å². The second-order valence-corrected chi connectivity index (χ2v) is 7.77. The maximum absolute atomic E-state index is 13.9. The van der Waals surface area contributed by atoms with Gasteiger partial charge in [-0.25, -0.2) is 4.39 Å². The van der Waals surface area contributed by atoms with Gasteiger partial charge in [-0.05, 0) is 43.2 Å². The first kappa shape index (κ1) is 20.5. The normalized spacial score (nSPS) is 15.6. The Labute approximate surface area is 176 Å². The van der Waals surface area contributed by atoms with E-state index in [1.165, 1.54) is 18.2 Å². The molecule has 1 aliphatic heterocycles. The molecule has 4 rings (SSSR count). The molecular weight excluding hydrogens is 472 g/mol. The Balaban J connectivity index is 1.43. The van der Waals surface area contributed by atoms with E-state index in [0.29, 0.717) is 40.7 Å². The van der Waals surface area contributed by atoms with Gasteiger partial charge < -0.3 is 10.2 Å². The number of amides is 1. The molecule has 0 aliphatic carbocycles. The molecule has 12 heteroatoms. The van der Waals surface area contributed by atoms with Crippen LogP contribution in [0.2, 0.25) is 0 Å². The minimum Gasteiger partial charge on any atom is -0.355 e. The lowest BCUT2D eigenvalue weighted by Gasteiger charge is -2.32. The van der Waals surface area contributed by atoms with E-state index in [9.17, 15) is 22.4 Å². The Bertz CT molecular complexity index is 1090.